The Morgan fingerprint density at radius 1 is 1.50 bits per heavy atom. The van der Waals surface area contributed by atoms with Gasteiger partial charge in [-0.2, -0.15) is 0 Å². The van der Waals surface area contributed by atoms with Crippen molar-refractivity contribution in [2.75, 3.05) is 7.11 Å². The Morgan fingerprint density at radius 2 is 1.67 bits per heavy atom. The molecule has 0 aliphatic heterocycles. The predicted molar refractivity (Wildman–Crippen MR) is 12.8 cm³/mol. The molecule has 0 radical (unpaired) electrons. The quantitative estimate of drug-likeness (QED) is 0.372. The van der Waals surface area contributed by atoms with Gasteiger partial charge in [-0.3, -0.25) is 0 Å². The van der Waals surface area contributed by atoms with Crippen LogP contribution in [-0.2, 0) is 24.1 Å². The van der Waals surface area contributed by atoms with Gasteiger partial charge in [0.15, 0.2) is 0 Å². The van der Waals surface area contributed by atoms with Gasteiger partial charge in [0.05, 0.1) is 7.32 Å². The third-order valence-corrected chi connectivity index (χ3v) is 0.192. The molecular formula is CH3BO3Zn. The molecule has 0 N–H and O–H groups in total. The molecule has 0 bridgehead atoms. The summed E-state index contributed by atoms with van der Waals surface area (Å²) in [6, 6.07) is 0. The molecule has 0 rings (SSSR count). The van der Waals surface area contributed by atoms with Gasteiger partial charge in [0.2, 0.25) is 0 Å². The second-order valence-electron chi connectivity index (χ2n) is 0.524. The van der Waals surface area contributed by atoms with Crippen molar-refractivity contribution in [1.29, 1.82) is 0 Å². The van der Waals surface area contributed by atoms with Crippen LogP contribution >= 0.6 is 0 Å². The minimum atomic E-state index is -2.12. The second-order valence-corrected chi connectivity index (χ2v) is 0.524. The van der Waals surface area contributed by atoms with Gasteiger partial charge in [0.25, 0.3) is 0 Å². The first-order valence-corrected chi connectivity index (χ1v) is 1.12. The fourth-order valence-electron chi connectivity index (χ4n) is 0. The van der Waals surface area contributed by atoms with E-state index in [9.17, 15) is 0 Å². The van der Waals surface area contributed by atoms with Gasteiger partial charge in [0.1, 0.15) is 0 Å². The van der Waals surface area contributed by atoms with Gasteiger partial charge in [-0.25, -0.2) is 0 Å². The first kappa shape index (κ1) is 9.76. The summed E-state index contributed by atoms with van der Waals surface area (Å²) in [5.41, 5.74) is 0. The van der Waals surface area contributed by atoms with Crippen molar-refractivity contribution in [2.45, 2.75) is 0 Å². The SMILES string of the molecule is COB([O-])[O-].[Zn+2]. The van der Waals surface area contributed by atoms with Crippen LogP contribution < -0.4 is 10.0 Å². The van der Waals surface area contributed by atoms with Gasteiger partial charge in [-0.05, 0) is 0 Å². The summed E-state index contributed by atoms with van der Waals surface area (Å²) in [7, 11) is -1.04. The van der Waals surface area contributed by atoms with Crippen molar-refractivity contribution in [3.63, 3.8) is 0 Å². The summed E-state index contributed by atoms with van der Waals surface area (Å²) in [4.78, 5) is 0. The van der Waals surface area contributed by atoms with Crippen molar-refractivity contribution < 1.29 is 34.2 Å². The number of hydrogen-bond donors (Lipinski definition) is 0. The third kappa shape index (κ3) is 8.82. The Morgan fingerprint density at radius 3 is 1.67 bits per heavy atom. The molecule has 3 nitrogen and oxygen atoms in total. The van der Waals surface area contributed by atoms with Gasteiger partial charge in [-0.1, -0.05) is 0 Å². The van der Waals surface area contributed by atoms with Crippen LogP contribution in [0, 0.1) is 0 Å². The number of hydrogen-bond acceptors (Lipinski definition) is 3. The molecule has 0 unspecified atom stereocenters. The van der Waals surface area contributed by atoms with E-state index in [1.54, 1.807) is 0 Å². The molecule has 30 valence electrons. The average Bonchev–Trinajstić information content (AvgIpc) is 1.38. The largest absolute Gasteiger partial charge is 2.00 e. The zero-order valence-electron chi connectivity index (χ0n) is 3.51. The molecule has 0 fully saturated rings. The van der Waals surface area contributed by atoms with E-state index in [1.807, 2.05) is 0 Å². The topological polar surface area (TPSA) is 55.3 Å². The van der Waals surface area contributed by atoms with Crippen LogP contribution in [-0.4, -0.2) is 14.4 Å². The van der Waals surface area contributed by atoms with Crippen molar-refractivity contribution in [2.24, 2.45) is 0 Å². The van der Waals surface area contributed by atoms with Crippen LogP contribution in [0.1, 0.15) is 0 Å². The Hall–Kier alpha value is 0.568. The van der Waals surface area contributed by atoms with Crippen molar-refractivity contribution in [3.8, 4) is 0 Å². The van der Waals surface area contributed by atoms with E-state index >= 15 is 0 Å². The summed E-state index contributed by atoms with van der Waals surface area (Å²) >= 11 is 0. The molecule has 0 aliphatic carbocycles. The minimum Gasteiger partial charge on any atom is -0.871 e. The molecule has 0 saturated carbocycles. The van der Waals surface area contributed by atoms with E-state index in [0.29, 0.717) is 0 Å². The maximum absolute atomic E-state index is 9.12. The zero-order valence-corrected chi connectivity index (χ0v) is 6.48. The van der Waals surface area contributed by atoms with Gasteiger partial charge in [-0.15, -0.1) is 0 Å². The van der Waals surface area contributed by atoms with E-state index in [-0.39, 0.29) is 19.5 Å². The van der Waals surface area contributed by atoms with Gasteiger partial charge >= 0.3 is 19.5 Å². The van der Waals surface area contributed by atoms with Crippen molar-refractivity contribution >= 4 is 7.32 Å². The zero-order chi connectivity index (χ0) is 4.28. The van der Waals surface area contributed by atoms with Crippen LogP contribution in [0.4, 0.5) is 0 Å². The number of rotatable bonds is 1. The first-order valence-electron chi connectivity index (χ1n) is 1.12. The fourth-order valence-corrected chi connectivity index (χ4v) is 0. The first-order chi connectivity index (χ1) is 2.27. The van der Waals surface area contributed by atoms with E-state index in [1.165, 1.54) is 0 Å². The molecule has 5 heteroatoms. The molecule has 0 atom stereocenters. The summed E-state index contributed by atoms with van der Waals surface area (Å²) in [6.45, 7) is 0. The molecular weight excluding hydrogens is 136 g/mol. The fraction of sp³-hybridized carbons (Fsp3) is 1.00. The smallest absolute Gasteiger partial charge is 0.871 e. The van der Waals surface area contributed by atoms with Crippen molar-refractivity contribution in [3.05, 3.63) is 0 Å². The van der Waals surface area contributed by atoms with Crippen LogP contribution in [0.2, 0.25) is 0 Å². The molecule has 6 heavy (non-hydrogen) atoms. The van der Waals surface area contributed by atoms with E-state index < -0.39 is 7.32 Å². The second kappa shape index (κ2) is 5.57. The van der Waals surface area contributed by atoms with Gasteiger partial charge in [0, 0.05) is 7.11 Å². The Kier molecular flexibility index (Phi) is 9.06. The monoisotopic (exact) mass is 138 g/mol. The molecule has 0 aromatic rings. The third-order valence-electron chi connectivity index (χ3n) is 0.192. The Bertz CT molecular complexity index is 24.8. The molecule has 0 aromatic heterocycles. The van der Waals surface area contributed by atoms with Crippen LogP contribution in [0.25, 0.3) is 0 Å². The molecule has 0 amide bonds. The normalized spacial score (nSPS) is 6.50. The summed E-state index contributed by atoms with van der Waals surface area (Å²) < 4.78 is 3.64. The Labute approximate surface area is 49.3 Å². The summed E-state index contributed by atoms with van der Waals surface area (Å²) in [5, 5.41) is 18.2. The average molecular weight is 139 g/mol. The van der Waals surface area contributed by atoms with Crippen LogP contribution in [0.5, 0.6) is 0 Å². The predicted octanol–water partition coefficient (Wildman–Crippen LogP) is -2.66. The van der Waals surface area contributed by atoms with Crippen LogP contribution in [0.15, 0.2) is 0 Å². The molecule has 0 heterocycles. The van der Waals surface area contributed by atoms with E-state index in [0.717, 1.165) is 7.11 Å². The summed E-state index contributed by atoms with van der Waals surface area (Å²) in [5.74, 6) is 0. The van der Waals surface area contributed by atoms with Crippen molar-refractivity contribution in [1.82, 2.24) is 0 Å². The molecule has 0 spiro atoms. The van der Waals surface area contributed by atoms with Crippen LogP contribution in [0.3, 0.4) is 0 Å². The Balaban J connectivity index is 0. The molecule has 0 aromatic carbocycles. The molecule has 0 saturated heterocycles. The maximum atomic E-state index is 9.12. The van der Waals surface area contributed by atoms with E-state index in [4.69, 9.17) is 10.0 Å². The standard InChI is InChI=1S/CH3BO3.Zn/c1-5-2(3)4;/h1H3;/q-2;+2. The molecule has 0 aliphatic rings. The summed E-state index contributed by atoms with van der Waals surface area (Å²) in [6.07, 6.45) is 0. The van der Waals surface area contributed by atoms with E-state index in [2.05, 4.69) is 4.65 Å². The minimum absolute atomic E-state index is 0. The van der Waals surface area contributed by atoms with Gasteiger partial charge < -0.3 is 14.7 Å². The maximum Gasteiger partial charge on any atom is 2.00 e.